The van der Waals surface area contributed by atoms with Crippen molar-refractivity contribution in [3.05, 3.63) is 17.7 Å². The van der Waals surface area contributed by atoms with Gasteiger partial charge in [-0.1, -0.05) is 0 Å². The predicted molar refractivity (Wildman–Crippen MR) is 84.7 cm³/mol. The lowest BCUT2D eigenvalue weighted by Crippen LogP contribution is -2.46. The molecule has 120 valence electrons. The van der Waals surface area contributed by atoms with E-state index in [9.17, 15) is 4.79 Å². The molecule has 3 aliphatic rings. The fourth-order valence-corrected chi connectivity index (χ4v) is 4.24. The second-order valence-electron chi connectivity index (χ2n) is 7.67. The quantitative estimate of drug-likeness (QED) is 0.930. The summed E-state index contributed by atoms with van der Waals surface area (Å²) in [6, 6.07) is 0. The molecule has 1 saturated carbocycles. The van der Waals surface area contributed by atoms with Crippen molar-refractivity contribution >= 4 is 5.91 Å². The number of hydrogen-bond donors (Lipinski definition) is 1. The molecule has 2 aliphatic heterocycles. The van der Waals surface area contributed by atoms with E-state index in [0.29, 0.717) is 11.2 Å². The Morgan fingerprint density at radius 3 is 2.95 bits per heavy atom. The van der Waals surface area contributed by atoms with Gasteiger partial charge in [-0.2, -0.15) is 0 Å². The van der Waals surface area contributed by atoms with Gasteiger partial charge in [0.05, 0.1) is 0 Å². The second-order valence-corrected chi connectivity index (χ2v) is 7.67. The number of hydrogen-bond acceptors (Lipinski definition) is 3. The zero-order valence-electron chi connectivity index (χ0n) is 13.5. The number of piperidine rings is 1. The monoisotopic (exact) mass is 302 g/mol. The average Bonchev–Trinajstić information content (AvgIpc) is 3.06. The van der Waals surface area contributed by atoms with E-state index in [1.165, 1.54) is 45.3 Å². The van der Waals surface area contributed by atoms with Crippen LogP contribution in [-0.4, -0.2) is 58.4 Å². The van der Waals surface area contributed by atoms with Crippen LogP contribution in [0.1, 0.15) is 48.4 Å². The van der Waals surface area contributed by atoms with Gasteiger partial charge in [0.25, 0.3) is 5.91 Å². The maximum Gasteiger partial charge on any atom is 0.289 e. The van der Waals surface area contributed by atoms with Crippen LogP contribution < -0.4 is 0 Å². The van der Waals surface area contributed by atoms with E-state index in [0.717, 1.165) is 31.1 Å². The highest BCUT2D eigenvalue weighted by molar-refractivity contribution is 5.90. The summed E-state index contributed by atoms with van der Waals surface area (Å²) in [6.45, 7) is 7.45. The number of aromatic amines is 1. The highest BCUT2D eigenvalue weighted by atomic mass is 16.2. The molecule has 0 radical (unpaired) electrons. The molecule has 22 heavy (non-hydrogen) atoms. The number of H-pyrrole nitrogens is 1. The lowest BCUT2D eigenvalue weighted by molar-refractivity contribution is 0.0672. The van der Waals surface area contributed by atoms with Crippen LogP contribution in [0.2, 0.25) is 0 Å². The summed E-state index contributed by atoms with van der Waals surface area (Å²) in [6.07, 6.45) is 8.29. The van der Waals surface area contributed by atoms with Crippen molar-refractivity contribution in [1.29, 1.82) is 0 Å². The van der Waals surface area contributed by atoms with E-state index in [4.69, 9.17) is 0 Å². The number of carbonyl (C=O) groups is 1. The number of aryl methyl sites for hydroxylation is 1. The van der Waals surface area contributed by atoms with Gasteiger partial charge in [0, 0.05) is 43.5 Å². The molecule has 3 heterocycles. The zero-order chi connectivity index (χ0) is 15.2. The fraction of sp³-hybridized carbons (Fsp3) is 0.765. The molecule has 1 amide bonds. The van der Waals surface area contributed by atoms with Crippen LogP contribution in [0.15, 0.2) is 6.20 Å². The molecular weight excluding hydrogens is 276 g/mol. The van der Waals surface area contributed by atoms with Gasteiger partial charge in [-0.05, 0) is 51.5 Å². The van der Waals surface area contributed by atoms with Crippen molar-refractivity contribution < 1.29 is 4.79 Å². The van der Waals surface area contributed by atoms with Crippen LogP contribution >= 0.6 is 0 Å². The van der Waals surface area contributed by atoms with Crippen molar-refractivity contribution in [3.63, 3.8) is 0 Å². The molecule has 1 spiro atoms. The SMILES string of the molecule is Cc1cnc(C(=O)N2CCC3(CCCN(CC4CC4)C3)C2)[nH]1. The number of rotatable bonds is 3. The van der Waals surface area contributed by atoms with Crippen molar-refractivity contribution in [1.82, 2.24) is 19.8 Å². The van der Waals surface area contributed by atoms with E-state index >= 15 is 0 Å². The van der Waals surface area contributed by atoms with Crippen LogP contribution in [0.4, 0.5) is 0 Å². The van der Waals surface area contributed by atoms with Crippen molar-refractivity contribution in [2.45, 2.75) is 39.0 Å². The normalized spacial score (nSPS) is 29.4. The summed E-state index contributed by atoms with van der Waals surface area (Å²) in [7, 11) is 0. The Kier molecular flexibility index (Phi) is 3.48. The largest absolute Gasteiger partial charge is 0.338 e. The third-order valence-electron chi connectivity index (χ3n) is 5.58. The van der Waals surface area contributed by atoms with Gasteiger partial charge in [-0.3, -0.25) is 4.79 Å². The van der Waals surface area contributed by atoms with Crippen LogP contribution in [0, 0.1) is 18.3 Å². The number of nitrogens with zero attached hydrogens (tertiary/aromatic N) is 3. The minimum atomic E-state index is 0.0734. The number of aromatic nitrogens is 2. The van der Waals surface area contributed by atoms with E-state index in [1.54, 1.807) is 6.20 Å². The van der Waals surface area contributed by atoms with Gasteiger partial charge in [0.15, 0.2) is 5.82 Å². The first-order chi connectivity index (χ1) is 10.6. The first kappa shape index (κ1) is 14.2. The zero-order valence-corrected chi connectivity index (χ0v) is 13.5. The van der Waals surface area contributed by atoms with E-state index < -0.39 is 0 Å². The van der Waals surface area contributed by atoms with Crippen LogP contribution in [-0.2, 0) is 0 Å². The van der Waals surface area contributed by atoms with E-state index in [-0.39, 0.29) is 5.91 Å². The maximum absolute atomic E-state index is 12.6. The molecule has 1 atom stereocenters. The molecule has 2 saturated heterocycles. The smallest absolute Gasteiger partial charge is 0.289 e. The number of carbonyl (C=O) groups excluding carboxylic acids is 1. The summed E-state index contributed by atoms with van der Waals surface area (Å²) in [5.74, 6) is 1.53. The standard InChI is InChI=1S/C17H26N4O/c1-13-9-18-15(19-13)16(22)21-8-6-17(12-21)5-2-7-20(11-17)10-14-3-4-14/h9,14H,2-8,10-12H2,1H3,(H,18,19). The third-order valence-corrected chi connectivity index (χ3v) is 5.58. The average molecular weight is 302 g/mol. The summed E-state index contributed by atoms with van der Waals surface area (Å²) in [5, 5.41) is 0. The first-order valence-electron chi connectivity index (χ1n) is 8.67. The molecule has 5 heteroatoms. The molecule has 1 unspecified atom stereocenters. The molecule has 4 rings (SSSR count). The summed E-state index contributed by atoms with van der Waals surface area (Å²) in [5.41, 5.74) is 1.29. The van der Waals surface area contributed by atoms with Crippen molar-refractivity contribution in [2.24, 2.45) is 11.3 Å². The van der Waals surface area contributed by atoms with Crippen molar-refractivity contribution in [3.8, 4) is 0 Å². The lowest BCUT2D eigenvalue weighted by atomic mass is 9.79. The Balaban J connectivity index is 1.41. The Morgan fingerprint density at radius 1 is 1.36 bits per heavy atom. The number of likely N-dealkylation sites (tertiary alicyclic amines) is 2. The third kappa shape index (κ3) is 2.78. The lowest BCUT2D eigenvalue weighted by Gasteiger charge is -2.40. The van der Waals surface area contributed by atoms with Crippen LogP contribution in [0.5, 0.6) is 0 Å². The fourth-order valence-electron chi connectivity index (χ4n) is 4.24. The summed E-state index contributed by atoms with van der Waals surface area (Å²) in [4.78, 5) is 24.5. The number of amides is 1. The topological polar surface area (TPSA) is 52.2 Å². The predicted octanol–water partition coefficient (Wildman–Crippen LogP) is 2.06. The van der Waals surface area contributed by atoms with Gasteiger partial charge in [0.2, 0.25) is 0 Å². The Labute approximate surface area is 132 Å². The van der Waals surface area contributed by atoms with Crippen LogP contribution in [0.25, 0.3) is 0 Å². The molecule has 1 N–H and O–H groups in total. The molecular formula is C17H26N4O. The molecule has 5 nitrogen and oxygen atoms in total. The van der Waals surface area contributed by atoms with Gasteiger partial charge in [0.1, 0.15) is 0 Å². The number of nitrogens with one attached hydrogen (secondary N) is 1. The molecule has 1 aromatic heterocycles. The Hall–Kier alpha value is -1.36. The second kappa shape index (κ2) is 5.37. The molecule has 0 bridgehead atoms. The molecule has 3 fully saturated rings. The highest BCUT2D eigenvalue weighted by Crippen LogP contribution is 2.40. The van der Waals surface area contributed by atoms with E-state index in [2.05, 4.69) is 14.9 Å². The molecule has 1 aromatic rings. The minimum Gasteiger partial charge on any atom is -0.338 e. The maximum atomic E-state index is 12.6. The van der Waals surface area contributed by atoms with Gasteiger partial charge >= 0.3 is 0 Å². The van der Waals surface area contributed by atoms with Crippen molar-refractivity contribution in [2.75, 3.05) is 32.7 Å². The highest BCUT2D eigenvalue weighted by Gasteiger charge is 2.43. The van der Waals surface area contributed by atoms with Gasteiger partial charge in [-0.25, -0.2) is 4.98 Å². The molecule has 1 aliphatic carbocycles. The first-order valence-corrected chi connectivity index (χ1v) is 8.67. The van der Waals surface area contributed by atoms with E-state index in [1.807, 2.05) is 11.8 Å². The summed E-state index contributed by atoms with van der Waals surface area (Å²) >= 11 is 0. The van der Waals surface area contributed by atoms with Crippen LogP contribution in [0.3, 0.4) is 0 Å². The minimum absolute atomic E-state index is 0.0734. The summed E-state index contributed by atoms with van der Waals surface area (Å²) < 4.78 is 0. The Bertz CT molecular complexity index is 565. The van der Waals surface area contributed by atoms with Gasteiger partial charge in [-0.15, -0.1) is 0 Å². The Morgan fingerprint density at radius 2 is 2.23 bits per heavy atom. The molecule has 0 aromatic carbocycles. The van der Waals surface area contributed by atoms with Gasteiger partial charge < -0.3 is 14.8 Å². The number of imidazole rings is 1.